The van der Waals surface area contributed by atoms with Crippen LogP contribution in [0.2, 0.25) is 0 Å². The fourth-order valence-corrected chi connectivity index (χ4v) is 1.94. The number of benzene rings is 1. The van der Waals surface area contributed by atoms with Gasteiger partial charge >= 0.3 is 28.8 Å². The second-order valence-corrected chi connectivity index (χ2v) is 4.97. The summed E-state index contributed by atoms with van der Waals surface area (Å²) in [7, 11) is 0. The number of hydrogen-bond donors (Lipinski definition) is 0. The molecule has 0 aliphatic carbocycles. The van der Waals surface area contributed by atoms with E-state index in [-0.39, 0.29) is 5.97 Å². The number of halogens is 1. The number of rotatable bonds is 3. The van der Waals surface area contributed by atoms with Crippen LogP contribution in [0.15, 0.2) is 48.7 Å². The zero-order valence-electron chi connectivity index (χ0n) is 9.97. The summed E-state index contributed by atoms with van der Waals surface area (Å²) < 4.78 is 7.13. The van der Waals surface area contributed by atoms with Gasteiger partial charge in [-0.2, -0.15) is 0 Å². The molecule has 0 atom stereocenters. The highest BCUT2D eigenvalue weighted by Crippen LogP contribution is 2.06. The summed E-state index contributed by atoms with van der Waals surface area (Å²) in [6.07, 6.45) is 1.77. The summed E-state index contributed by atoms with van der Waals surface area (Å²) >= 11 is 2.13. The van der Waals surface area contributed by atoms with Crippen molar-refractivity contribution in [2.75, 3.05) is 0 Å². The Bertz CT molecular complexity index is 555. The number of ether oxygens (including phenoxy) is 1. The molecule has 0 aliphatic heterocycles. The van der Waals surface area contributed by atoms with Crippen LogP contribution < -0.4 is 2.78 Å². The van der Waals surface area contributed by atoms with Crippen LogP contribution in [0.5, 0.6) is 0 Å². The highest BCUT2D eigenvalue weighted by atomic mass is 127. The minimum Gasteiger partial charge on any atom is -0.457 e. The van der Waals surface area contributed by atoms with Gasteiger partial charge in [0.1, 0.15) is 12.2 Å². The minimum atomic E-state index is -0.302. The third kappa shape index (κ3) is 3.29. The summed E-state index contributed by atoms with van der Waals surface area (Å²) in [6, 6.07) is 13.3. The SMILES string of the molecule is Cc1ccc(C(=O)OCc2ccccc2)c[n+]1I. The lowest BCUT2D eigenvalue weighted by Crippen LogP contribution is -2.24. The maximum absolute atomic E-state index is 11.8. The van der Waals surface area contributed by atoms with Crippen molar-refractivity contribution in [3.63, 3.8) is 0 Å². The lowest BCUT2D eigenvalue weighted by molar-refractivity contribution is -0.449. The van der Waals surface area contributed by atoms with Crippen molar-refractivity contribution in [3.05, 3.63) is 65.5 Å². The van der Waals surface area contributed by atoms with Crippen LogP contribution in [-0.2, 0) is 11.3 Å². The minimum absolute atomic E-state index is 0.300. The van der Waals surface area contributed by atoms with Gasteiger partial charge in [0.25, 0.3) is 0 Å². The molecule has 3 nitrogen and oxygen atoms in total. The van der Waals surface area contributed by atoms with Crippen molar-refractivity contribution in [2.24, 2.45) is 0 Å². The van der Waals surface area contributed by atoms with E-state index in [1.54, 1.807) is 12.3 Å². The third-order valence-electron chi connectivity index (χ3n) is 2.54. The molecule has 18 heavy (non-hydrogen) atoms. The molecule has 0 unspecified atom stereocenters. The molecule has 1 aromatic carbocycles. The molecule has 0 saturated carbocycles. The molecule has 1 aromatic heterocycles. The Kier molecular flexibility index (Phi) is 4.30. The van der Waals surface area contributed by atoms with E-state index in [0.717, 1.165) is 11.3 Å². The average molecular weight is 354 g/mol. The predicted octanol–water partition coefficient (Wildman–Crippen LogP) is 2.84. The van der Waals surface area contributed by atoms with Crippen molar-refractivity contribution >= 4 is 28.8 Å². The molecule has 0 radical (unpaired) electrons. The van der Waals surface area contributed by atoms with Gasteiger partial charge in [0.2, 0.25) is 0 Å². The van der Waals surface area contributed by atoms with Crippen LogP contribution in [0.4, 0.5) is 0 Å². The van der Waals surface area contributed by atoms with Crippen LogP contribution in [0.1, 0.15) is 21.6 Å². The van der Waals surface area contributed by atoms with Crippen molar-refractivity contribution < 1.29 is 12.3 Å². The first-order valence-electron chi connectivity index (χ1n) is 5.56. The third-order valence-corrected chi connectivity index (χ3v) is 3.58. The molecule has 0 N–H and O–H groups in total. The number of pyridine rings is 1. The second kappa shape index (κ2) is 5.95. The summed E-state index contributed by atoms with van der Waals surface area (Å²) in [4.78, 5) is 11.8. The Morgan fingerprint density at radius 1 is 1.22 bits per heavy atom. The van der Waals surface area contributed by atoms with Crippen molar-refractivity contribution in [3.8, 4) is 0 Å². The van der Waals surface area contributed by atoms with Crippen molar-refractivity contribution in [1.82, 2.24) is 0 Å². The van der Waals surface area contributed by atoms with Gasteiger partial charge in [-0.1, -0.05) is 30.3 Å². The fraction of sp³-hybridized carbons (Fsp3) is 0.143. The smallest absolute Gasteiger partial charge is 0.354 e. The molecule has 1 heterocycles. The van der Waals surface area contributed by atoms with Crippen LogP contribution in [-0.4, -0.2) is 5.97 Å². The Morgan fingerprint density at radius 2 is 1.94 bits per heavy atom. The highest BCUT2D eigenvalue weighted by Gasteiger charge is 2.13. The lowest BCUT2D eigenvalue weighted by Gasteiger charge is -2.03. The van der Waals surface area contributed by atoms with Crippen LogP contribution in [0, 0.1) is 6.92 Å². The van der Waals surface area contributed by atoms with E-state index in [0.29, 0.717) is 12.2 Å². The van der Waals surface area contributed by atoms with Crippen LogP contribution >= 0.6 is 22.9 Å². The Hall–Kier alpha value is -1.43. The molecule has 4 heteroatoms. The second-order valence-electron chi connectivity index (χ2n) is 3.93. The molecule has 2 rings (SSSR count). The van der Waals surface area contributed by atoms with Crippen molar-refractivity contribution in [1.29, 1.82) is 0 Å². The quantitative estimate of drug-likeness (QED) is 0.627. The summed E-state index contributed by atoms with van der Waals surface area (Å²) in [6.45, 7) is 2.28. The van der Waals surface area contributed by atoms with Gasteiger partial charge in [-0.25, -0.2) is 4.79 Å². The maximum Gasteiger partial charge on any atom is 0.354 e. The Labute approximate surface area is 120 Å². The molecular weight excluding hydrogens is 341 g/mol. The first-order valence-corrected chi connectivity index (χ1v) is 6.53. The maximum atomic E-state index is 11.8. The monoisotopic (exact) mass is 354 g/mol. The van der Waals surface area contributed by atoms with Gasteiger partial charge in [0.05, 0.1) is 0 Å². The molecule has 0 fully saturated rings. The summed E-state index contributed by atoms with van der Waals surface area (Å²) in [5.74, 6) is -0.302. The molecule has 2 aromatic rings. The number of carbonyl (C=O) groups is 1. The van der Waals surface area contributed by atoms with E-state index in [9.17, 15) is 4.79 Å². The van der Waals surface area contributed by atoms with Gasteiger partial charge in [0.15, 0.2) is 11.9 Å². The molecule has 0 bridgehead atoms. The normalized spacial score (nSPS) is 10.1. The fourth-order valence-electron chi connectivity index (χ4n) is 1.48. The first kappa shape index (κ1) is 13.0. The molecule has 0 aliphatic rings. The van der Waals surface area contributed by atoms with E-state index in [2.05, 4.69) is 22.9 Å². The van der Waals surface area contributed by atoms with Gasteiger partial charge in [0, 0.05) is 13.0 Å². The van der Waals surface area contributed by atoms with E-state index in [1.807, 2.05) is 46.1 Å². The van der Waals surface area contributed by atoms with Crippen LogP contribution in [0.25, 0.3) is 0 Å². The molecular formula is C14H13INO2+. The number of aryl methyl sites for hydroxylation is 1. The van der Waals surface area contributed by atoms with Crippen LogP contribution in [0.3, 0.4) is 0 Å². The lowest BCUT2D eigenvalue weighted by atomic mass is 10.2. The van der Waals surface area contributed by atoms with E-state index in [1.165, 1.54) is 0 Å². The molecule has 92 valence electrons. The number of esters is 1. The van der Waals surface area contributed by atoms with E-state index in [4.69, 9.17) is 4.74 Å². The average Bonchev–Trinajstić information content (AvgIpc) is 2.40. The molecule has 0 amide bonds. The zero-order valence-corrected chi connectivity index (χ0v) is 12.1. The largest absolute Gasteiger partial charge is 0.457 e. The number of carbonyl (C=O) groups excluding carboxylic acids is 1. The summed E-state index contributed by atoms with van der Waals surface area (Å²) in [5.41, 5.74) is 2.63. The van der Waals surface area contributed by atoms with Crippen molar-refractivity contribution in [2.45, 2.75) is 13.5 Å². The van der Waals surface area contributed by atoms with Gasteiger partial charge in [-0.3, -0.25) is 0 Å². The standard InChI is InChI=1S/C14H13INO2/c1-11-7-8-13(9-16(11)15)14(17)18-10-12-5-3-2-4-6-12/h2-9H,10H2,1H3/q+1. The summed E-state index contributed by atoms with van der Waals surface area (Å²) in [5, 5.41) is 0. The first-order chi connectivity index (χ1) is 8.66. The van der Waals surface area contributed by atoms with Gasteiger partial charge in [-0.15, -0.1) is 2.78 Å². The van der Waals surface area contributed by atoms with Gasteiger partial charge < -0.3 is 4.74 Å². The zero-order chi connectivity index (χ0) is 13.0. The Balaban J connectivity index is 2.02. The Morgan fingerprint density at radius 3 is 2.61 bits per heavy atom. The molecule has 0 spiro atoms. The number of aromatic nitrogens is 1. The molecule has 0 saturated heterocycles. The topological polar surface area (TPSA) is 30.2 Å². The van der Waals surface area contributed by atoms with E-state index < -0.39 is 0 Å². The number of hydrogen-bond acceptors (Lipinski definition) is 2. The predicted molar refractivity (Wildman–Crippen MR) is 76.4 cm³/mol. The van der Waals surface area contributed by atoms with Gasteiger partial charge in [-0.05, 0) is 11.6 Å². The van der Waals surface area contributed by atoms with E-state index >= 15 is 0 Å². The highest BCUT2D eigenvalue weighted by molar-refractivity contribution is 14.1. The number of nitrogens with zero attached hydrogens (tertiary/aromatic N) is 1.